The number of aromatic nitrogens is 1. The second-order valence-electron chi connectivity index (χ2n) is 6.30. The molecule has 1 fully saturated rings. The van der Waals surface area contributed by atoms with Crippen molar-refractivity contribution in [1.29, 1.82) is 0 Å². The molecule has 3 aromatic rings. The van der Waals surface area contributed by atoms with Crippen LogP contribution in [0.5, 0.6) is 0 Å². The third-order valence-corrected chi connectivity index (χ3v) is 5.69. The number of aryl methyl sites for hydroxylation is 1. The SMILES string of the molecule is Cc1sc2cc(C(=O)NCc3ccco3)[nH]c2c1CN1CCCC1. The van der Waals surface area contributed by atoms with E-state index < -0.39 is 0 Å². The Labute approximate surface area is 144 Å². The molecule has 0 unspecified atom stereocenters. The fourth-order valence-electron chi connectivity index (χ4n) is 3.30. The van der Waals surface area contributed by atoms with Crippen LogP contribution in [0.2, 0.25) is 0 Å². The standard InChI is InChI=1S/C18H21N3O2S/c1-12-14(11-21-6-2-3-7-21)17-16(24-12)9-15(20-17)18(22)19-10-13-5-4-8-23-13/h4-5,8-9,20H,2-3,6-7,10-11H2,1H3,(H,19,22). The Morgan fingerprint density at radius 2 is 2.25 bits per heavy atom. The van der Waals surface area contributed by atoms with E-state index in [1.165, 1.54) is 36.4 Å². The summed E-state index contributed by atoms with van der Waals surface area (Å²) in [5.41, 5.74) is 3.07. The molecule has 0 bridgehead atoms. The second-order valence-corrected chi connectivity index (χ2v) is 7.56. The van der Waals surface area contributed by atoms with Gasteiger partial charge in [0.25, 0.3) is 5.91 Å². The van der Waals surface area contributed by atoms with Gasteiger partial charge in [-0.3, -0.25) is 9.69 Å². The van der Waals surface area contributed by atoms with Crippen molar-refractivity contribution in [3.05, 3.63) is 46.4 Å². The van der Waals surface area contributed by atoms with Gasteiger partial charge in [0.2, 0.25) is 0 Å². The zero-order valence-electron chi connectivity index (χ0n) is 13.7. The lowest BCUT2D eigenvalue weighted by molar-refractivity contribution is 0.0944. The molecule has 2 N–H and O–H groups in total. The number of hydrogen-bond donors (Lipinski definition) is 2. The number of nitrogens with one attached hydrogen (secondary N) is 2. The van der Waals surface area contributed by atoms with E-state index in [2.05, 4.69) is 22.1 Å². The van der Waals surface area contributed by atoms with Crippen molar-refractivity contribution >= 4 is 27.5 Å². The number of thiophene rings is 1. The van der Waals surface area contributed by atoms with Crippen LogP contribution in [0.15, 0.2) is 28.9 Å². The molecular weight excluding hydrogens is 322 g/mol. The van der Waals surface area contributed by atoms with E-state index >= 15 is 0 Å². The van der Waals surface area contributed by atoms with Crippen molar-refractivity contribution in [3.63, 3.8) is 0 Å². The fraction of sp³-hybridized carbons (Fsp3) is 0.389. The molecule has 126 valence electrons. The Bertz CT molecular complexity index is 841. The van der Waals surface area contributed by atoms with E-state index in [-0.39, 0.29) is 5.91 Å². The van der Waals surface area contributed by atoms with Gasteiger partial charge in [0.15, 0.2) is 0 Å². The predicted octanol–water partition coefficient (Wildman–Crippen LogP) is 3.66. The monoisotopic (exact) mass is 343 g/mol. The number of carbonyl (C=O) groups excluding carboxylic acids is 1. The fourth-order valence-corrected chi connectivity index (χ4v) is 4.37. The van der Waals surface area contributed by atoms with E-state index in [9.17, 15) is 4.79 Å². The van der Waals surface area contributed by atoms with Crippen molar-refractivity contribution in [2.45, 2.75) is 32.9 Å². The first-order chi connectivity index (χ1) is 11.7. The van der Waals surface area contributed by atoms with Crippen molar-refractivity contribution in [3.8, 4) is 0 Å². The normalized spacial score (nSPS) is 15.4. The van der Waals surface area contributed by atoms with Gasteiger partial charge in [0, 0.05) is 17.0 Å². The van der Waals surface area contributed by atoms with Gasteiger partial charge >= 0.3 is 0 Å². The van der Waals surface area contributed by atoms with Crippen molar-refractivity contribution in [1.82, 2.24) is 15.2 Å². The maximum Gasteiger partial charge on any atom is 0.268 e. The van der Waals surface area contributed by atoms with E-state index in [0.717, 1.165) is 22.5 Å². The largest absolute Gasteiger partial charge is 0.467 e. The van der Waals surface area contributed by atoms with Crippen LogP contribution in [0.3, 0.4) is 0 Å². The van der Waals surface area contributed by atoms with Crippen molar-refractivity contribution in [2.75, 3.05) is 13.1 Å². The average molecular weight is 343 g/mol. The molecule has 0 aromatic carbocycles. The Morgan fingerprint density at radius 3 is 3.00 bits per heavy atom. The number of furan rings is 1. The molecular formula is C18H21N3O2S. The molecule has 1 aliphatic heterocycles. The quantitative estimate of drug-likeness (QED) is 0.743. The zero-order chi connectivity index (χ0) is 16.5. The zero-order valence-corrected chi connectivity index (χ0v) is 14.5. The van der Waals surface area contributed by atoms with Crippen molar-refractivity contribution < 1.29 is 9.21 Å². The van der Waals surface area contributed by atoms with Crippen molar-refractivity contribution in [2.24, 2.45) is 0 Å². The minimum absolute atomic E-state index is 0.0976. The molecule has 0 atom stereocenters. The summed E-state index contributed by atoms with van der Waals surface area (Å²) in [6.45, 7) is 5.89. The molecule has 4 heterocycles. The van der Waals surface area contributed by atoms with Gasteiger partial charge in [-0.2, -0.15) is 0 Å². The number of amides is 1. The summed E-state index contributed by atoms with van der Waals surface area (Å²) in [6, 6.07) is 5.63. The van der Waals surface area contributed by atoms with Gasteiger partial charge in [-0.25, -0.2) is 0 Å². The lowest BCUT2D eigenvalue weighted by atomic mass is 10.2. The smallest absolute Gasteiger partial charge is 0.268 e. The van der Waals surface area contributed by atoms with Crippen LogP contribution in [0.25, 0.3) is 10.2 Å². The molecule has 24 heavy (non-hydrogen) atoms. The summed E-state index contributed by atoms with van der Waals surface area (Å²) >= 11 is 1.76. The molecule has 5 nitrogen and oxygen atoms in total. The lowest BCUT2D eigenvalue weighted by Crippen LogP contribution is -2.22. The van der Waals surface area contributed by atoms with Crippen LogP contribution >= 0.6 is 11.3 Å². The summed E-state index contributed by atoms with van der Waals surface area (Å²) < 4.78 is 6.40. The molecule has 1 aliphatic rings. The maximum absolute atomic E-state index is 12.4. The highest BCUT2D eigenvalue weighted by Gasteiger charge is 2.19. The Hall–Kier alpha value is -2.05. The van der Waals surface area contributed by atoms with E-state index in [0.29, 0.717) is 12.2 Å². The first kappa shape index (κ1) is 15.5. The summed E-state index contributed by atoms with van der Waals surface area (Å²) in [6.07, 6.45) is 4.19. The van der Waals surface area contributed by atoms with Crippen LogP contribution in [0.1, 0.15) is 39.5 Å². The molecule has 0 aliphatic carbocycles. The topological polar surface area (TPSA) is 61.3 Å². The van der Waals surface area contributed by atoms with Gasteiger partial charge in [-0.1, -0.05) is 0 Å². The molecule has 4 rings (SSSR count). The Balaban J connectivity index is 1.52. The molecule has 1 saturated heterocycles. The number of nitrogens with zero attached hydrogens (tertiary/aromatic N) is 1. The summed E-state index contributed by atoms with van der Waals surface area (Å²) in [7, 11) is 0. The molecule has 0 radical (unpaired) electrons. The van der Waals surface area contributed by atoms with Crippen LogP contribution in [-0.2, 0) is 13.1 Å². The highest BCUT2D eigenvalue weighted by Crippen LogP contribution is 2.32. The molecule has 3 aromatic heterocycles. The first-order valence-electron chi connectivity index (χ1n) is 8.34. The summed E-state index contributed by atoms with van der Waals surface area (Å²) in [5.74, 6) is 0.655. The van der Waals surface area contributed by atoms with Crippen LogP contribution < -0.4 is 5.32 Å². The van der Waals surface area contributed by atoms with E-state index in [1.807, 2.05) is 18.2 Å². The highest BCUT2D eigenvalue weighted by molar-refractivity contribution is 7.19. The third-order valence-electron chi connectivity index (χ3n) is 4.60. The molecule has 6 heteroatoms. The first-order valence-corrected chi connectivity index (χ1v) is 9.16. The van der Waals surface area contributed by atoms with Crippen LogP contribution in [0, 0.1) is 6.92 Å². The van der Waals surface area contributed by atoms with Gasteiger partial charge in [-0.05, 0) is 51.1 Å². The number of H-pyrrole nitrogens is 1. The number of likely N-dealkylation sites (tertiary alicyclic amines) is 1. The minimum atomic E-state index is -0.0976. The molecule has 1 amide bonds. The highest BCUT2D eigenvalue weighted by atomic mass is 32.1. The summed E-state index contributed by atoms with van der Waals surface area (Å²) in [5, 5.41) is 2.89. The Morgan fingerprint density at radius 1 is 1.42 bits per heavy atom. The average Bonchev–Trinajstić information content (AvgIpc) is 3.32. The minimum Gasteiger partial charge on any atom is -0.467 e. The predicted molar refractivity (Wildman–Crippen MR) is 95.3 cm³/mol. The Kier molecular flexibility index (Phi) is 4.16. The number of aromatic amines is 1. The molecule has 0 saturated carbocycles. The van der Waals surface area contributed by atoms with Gasteiger partial charge in [0.05, 0.1) is 23.0 Å². The maximum atomic E-state index is 12.4. The number of carbonyl (C=O) groups is 1. The van der Waals surface area contributed by atoms with Gasteiger partial charge < -0.3 is 14.7 Å². The third kappa shape index (κ3) is 2.99. The number of hydrogen-bond acceptors (Lipinski definition) is 4. The van der Waals surface area contributed by atoms with Gasteiger partial charge in [0.1, 0.15) is 11.5 Å². The number of rotatable bonds is 5. The van der Waals surface area contributed by atoms with E-state index in [1.54, 1.807) is 17.6 Å². The van der Waals surface area contributed by atoms with Crippen LogP contribution in [0.4, 0.5) is 0 Å². The number of fused-ring (bicyclic) bond motifs is 1. The summed E-state index contributed by atoms with van der Waals surface area (Å²) in [4.78, 5) is 19.5. The van der Waals surface area contributed by atoms with Crippen LogP contribution in [-0.4, -0.2) is 28.9 Å². The van der Waals surface area contributed by atoms with E-state index in [4.69, 9.17) is 4.42 Å². The van der Waals surface area contributed by atoms with Gasteiger partial charge in [-0.15, -0.1) is 11.3 Å². The second kappa shape index (κ2) is 6.45. The molecule has 0 spiro atoms. The lowest BCUT2D eigenvalue weighted by Gasteiger charge is -2.14.